The topological polar surface area (TPSA) is 74.7 Å². The van der Waals surface area contributed by atoms with Crippen molar-refractivity contribution in [2.24, 2.45) is 0 Å². The van der Waals surface area contributed by atoms with Crippen molar-refractivity contribution in [1.82, 2.24) is 0 Å². The third-order valence-corrected chi connectivity index (χ3v) is 3.17. The minimum atomic E-state index is -6.66. The summed E-state index contributed by atoms with van der Waals surface area (Å²) in [5.41, 5.74) is -0.794. The summed E-state index contributed by atoms with van der Waals surface area (Å²) in [5.74, 6) is -28.3. The SMILES string of the molecule is CCC(=O)N(C(=O)C(F)(F)C(F)(F)C(F)(F)C(=O)O)c1ccc(F)cc1. The molecule has 0 unspecified atom stereocenters. The van der Waals surface area contributed by atoms with Gasteiger partial charge in [-0.1, -0.05) is 6.92 Å². The second-order valence-corrected chi connectivity index (χ2v) is 4.89. The zero-order valence-electron chi connectivity index (χ0n) is 12.8. The zero-order valence-corrected chi connectivity index (χ0v) is 12.8. The molecule has 1 aromatic carbocycles. The Morgan fingerprint density at radius 2 is 1.42 bits per heavy atom. The van der Waals surface area contributed by atoms with E-state index in [9.17, 15) is 45.1 Å². The van der Waals surface area contributed by atoms with E-state index in [0.29, 0.717) is 24.3 Å². The summed E-state index contributed by atoms with van der Waals surface area (Å²) in [4.78, 5) is 33.2. The molecule has 0 spiro atoms. The van der Waals surface area contributed by atoms with Gasteiger partial charge in [0.1, 0.15) is 5.82 Å². The lowest BCUT2D eigenvalue weighted by Crippen LogP contribution is -2.64. The maximum absolute atomic E-state index is 13.9. The second kappa shape index (κ2) is 6.92. The predicted molar refractivity (Wildman–Crippen MR) is 71.7 cm³/mol. The van der Waals surface area contributed by atoms with E-state index in [0.717, 1.165) is 6.92 Å². The highest BCUT2D eigenvalue weighted by molar-refractivity contribution is 6.17. The first-order chi connectivity index (χ1) is 11.7. The number of carboxylic acid groups (broad SMARTS) is 1. The van der Waals surface area contributed by atoms with Crippen LogP contribution in [0.5, 0.6) is 0 Å². The highest BCUT2D eigenvalue weighted by Gasteiger charge is 2.79. The van der Waals surface area contributed by atoms with Crippen molar-refractivity contribution in [3.05, 3.63) is 30.1 Å². The summed E-state index contributed by atoms with van der Waals surface area (Å²) < 4.78 is 93.7. The Hall–Kier alpha value is -2.66. The molecule has 0 saturated heterocycles. The molecule has 144 valence electrons. The summed E-state index contributed by atoms with van der Waals surface area (Å²) in [7, 11) is 0. The number of hydrogen-bond donors (Lipinski definition) is 1. The Morgan fingerprint density at radius 3 is 1.81 bits per heavy atom. The van der Waals surface area contributed by atoms with Crippen molar-refractivity contribution < 1.29 is 50.2 Å². The van der Waals surface area contributed by atoms with Gasteiger partial charge in [-0.15, -0.1) is 0 Å². The van der Waals surface area contributed by atoms with Gasteiger partial charge in [-0.25, -0.2) is 14.1 Å². The molecule has 1 N–H and O–H groups in total. The van der Waals surface area contributed by atoms with Crippen molar-refractivity contribution in [3.8, 4) is 0 Å². The van der Waals surface area contributed by atoms with Gasteiger partial charge in [-0.3, -0.25) is 9.59 Å². The van der Waals surface area contributed by atoms with Gasteiger partial charge in [0.05, 0.1) is 5.69 Å². The summed E-state index contributed by atoms with van der Waals surface area (Å²) >= 11 is 0. The average Bonchev–Trinajstić information content (AvgIpc) is 2.55. The zero-order chi connectivity index (χ0) is 20.5. The Bertz CT molecular complexity index is 719. The van der Waals surface area contributed by atoms with Gasteiger partial charge in [0.2, 0.25) is 5.91 Å². The molecule has 0 aliphatic rings. The highest BCUT2D eigenvalue weighted by atomic mass is 19.3. The highest BCUT2D eigenvalue weighted by Crippen LogP contribution is 2.47. The van der Waals surface area contributed by atoms with Crippen LogP contribution in [0.2, 0.25) is 0 Å². The monoisotopic (exact) mass is 389 g/mol. The van der Waals surface area contributed by atoms with Crippen LogP contribution in [-0.4, -0.2) is 40.7 Å². The molecule has 0 atom stereocenters. The predicted octanol–water partition coefficient (Wildman–Crippen LogP) is 3.09. The molecule has 12 heteroatoms. The van der Waals surface area contributed by atoms with Gasteiger partial charge < -0.3 is 5.11 Å². The number of benzene rings is 1. The van der Waals surface area contributed by atoms with Crippen LogP contribution in [0.1, 0.15) is 13.3 Å². The molecule has 0 radical (unpaired) electrons. The Kier molecular flexibility index (Phi) is 5.69. The van der Waals surface area contributed by atoms with E-state index < -0.39 is 58.4 Å². The molecule has 5 nitrogen and oxygen atoms in total. The first kappa shape index (κ1) is 21.4. The van der Waals surface area contributed by atoms with Crippen LogP contribution in [0.25, 0.3) is 0 Å². The molecular formula is C14H10F7NO4. The van der Waals surface area contributed by atoms with Crippen LogP contribution in [-0.2, 0) is 14.4 Å². The van der Waals surface area contributed by atoms with Gasteiger partial charge in [0.15, 0.2) is 0 Å². The molecule has 0 saturated carbocycles. The van der Waals surface area contributed by atoms with Crippen LogP contribution in [0, 0.1) is 5.82 Å². The normalized spacial score (nSPS) is 12.6. The first-order valence-corrected chi connectivity index (χ1v) is 6.71. The third-order valence-electron chi connectivity index (χ3n) is 3.17. The minimum absolute atomic E-state index is 0.536. The molecule has 0 bridgehead atoms. The number of imide groups is 1. The number of anilines is 1. The smallest absolute Gasteiger partial charge is 0.411 e. The van der Waals surface area contributed by atoms with Crippen molar-refractivity contribution in [2.75, 3.05) is 4.90 Å². The number of hydrogen-bond acceptors (Lipinski definition) is 3. The number of carbonyl (C=O) groups is 3. The molecule has 0 aliphatic heterocycles. The van der Waals surface area contributed by atoms with Crippen LogP contribution in [0.15, 0.2) is 24.3 Å². The van der Waals surface area contributed by atoms with Crippen molar-refractivity contribution in [1.29, 1.82) is 0 Å². The Morgan fingerprint density at radius 1 is 0.962 bits per heavy atom. The fourth-order valence-electron chi connectivity index (χ4n) is 1.73. The fraction of sp³-hybridized carbons (Fsp3) is 0.357. The summed E-state index contributed by atoms with van der Waals surface area (Å²) in [6.45, 7) is 1.05. The number of alkyl halides is 6. The van der Waals surface area contributed by atoms with E-state index >= 15 is 0 Å². The molecule has 1 rings (SSSR count). The summed E-state index contributed by atoms with van der Waals surface area (Å²) in [6, 6.07) is 2.40. The molecular weight excluding hydrogens is 379 g/mol. The molecule has 0 fully saturated rings. The molecule has 0 heterocycles. The van der Waals surface area contributed by atoms with E-state index in [1.165, 1.54) is 0 Å². The molecule has 2 amide bonds. The molecule has 1 aromatic rings. The Balaban J connectivity index is 3.48. The summed E-state index contributed by atoms with van der Waals surface area (Å²) in [6.07, 6.45) is -0.680. The van der Waals surface area contributed by atoms with E-state index in [2.05, 4.69) is 0 Å². The van der Waals surface area contributed by atoms with Crippen molar-refractivity contribution >= 4 is 23.5 Å². The number of halogens is 7. The minimum Gasteiger partial charge on any atom is -0.477 e. The lowest BCUT2D eigenvalue weighted by Gasteiger charge is -2.32. The largest absolute Gasteiger partial charge is 0.477 e. The summed E-state index contributed by atoms with van der Waals surface area (Å²) in [5, 5.41) is 8.07. The number of amides is 2. The van der Waals surface area contributed by atoms with Gasteiger partial charge in [0.25, 0.3) is 0 Å². The number of rotatable bonds is 6. The fourth-order valence-corrected chi connectivity index (χ4v) is 1.73. The maximum Gasteiger partial charge on any atom is 0.411 e. The van der Waals surface area contributed by atoms with Crippen molar-refractivity contribution in [2.45, 2.75) is 31.1 Å². The lowest BCUT2D eigenvalue weighted by molar-refractivity contribution is -0.292. The third kappa shape index (κ3) is 3.35. The number of aliphatic carboxylic acids is 1. The second-order valence-electron chi connectivity index (χ2n) is 4.89. The Labute approximate surface area is 141 Å². The van der Waals surface area contributed by atoms with Gasteiger partial charge >= 0.3 is 29.6 Å². The van der Waals surface area contributed by atoms with E-state index in [4.69, 9.17) is 5.11 Å². The molecule has 0 aromatic heterocycles. The number of carboxylic acids is 1. The first-order valence-electron chi connectivity index (χ1n) is 6.71. The van der Waals surface area contributed by atoms with Gasteiger partial charge in [-0.05, 0) is 24.3 Å². The average molecular weight is 389 g/mol. The van der Waals surface area contributed by atoms with Gasteiger partial charge in [-0.2, -0.15) is 26.3 Å². The van der Waals surface area contributed by atoms with E-state index in [1.807, 2.05) is 0 Å². The lowest BCUT2D eigenvalue weighted by atomic mass is 10.0. The maximum atomic E-state index is 13.9. The number of carbonyl (C=O) groups excluding carboxylic acids is 2. The number of nitrogens with zero attached hydrogens (tertiary/aromatic N) is 1. The standard InChI is InChI=1S/C14H10F7NO4/c1-2-9(23)22(8-5-3-7(15)4-6-8)10(24)12(16,17)14(20,21)13(18,19)11(25)26/h3-6H,2H2,1H3,(H,25,26). The van der Waals surface area contributed by atoms with Crippen LogP contribution < -0.4 is 4.90 Å². The van der Waals surface area contributed by atoms with E-state index in [-0.39, 0.29) is 0 Å². The van der Waals surface area contributed by atoms with Crippen LogP contribution in [0.4, 0.5) is 36.4 Å². The van der Waals surface area contributed by atoms with Crippen molar-refractivity contribution in [3.63, 3.8) is 0 Å². The van der Waals surface area contributed by atoms with Crippen LogP contribution >= 0.6 is 0 Å². The molecule has 0 aliphatic carbocycles. The quantitative estimate of drug-likeness (QED) is 0.759. The van der Waals surface area contributed by atoms with Gasteiger partial charge in [0, 0.05) is 6.42 Å². The molecule has 26 heavy (non-hydrogen) atoms. The van der Waals surface area contributed by atoms with E-state index in [1.54, 1.807) is 0 Å². The van der Waals surface area contributed by atoms with Crippen LogP contribution in [0.3, 0.4) is 0 Å².